The van der Waals surface area contributed by atoms with Gasteiger partial charge in [-0.3, -0.25) is 4.90 Å². The van der Waals surface area contributed by atoms with Crippen LogP contribution < -0.4 is 15.0 Å². The van der Waals surface area contributed by atoms with Crippen LogP contribution in [0.25, 0.3) is 21.9 Å². The van der Waals surface area contributed by atoms with Crippen LogP contribution in [0.1, 0.15) is 18.1 Å². The summed E-state index contributed by atoms with van der Waals surface area (Å²) >= 11 is 5.51. The topological polar surface area (TPSA) is 74.2 Å². The second-order valence-electron chi connectivity index (χ2n) is 9.84. The van der Waals surface area contributed by atoms with E-state index in [0.717, 1.165) is 77.5 Å². The number of aromatic nitrogens is 4. The number of ether oxygens (including phenoxy) is 1. The van der Waals surface area contributed by atoms with E-state index in [9.17, 15) is 0 Å². The fraction of sp³-hybridized carbons (Fsp3) is 0.300. The number of para-hydroxylation sites is 2. The van der Waals surface area contributed by atoms with Gasteiger partial charge in [0.25, 0.3) is 0 Å². The normalized spacial score (nSPS) is 14.3. The number of benzene rings is 3. The van der Waals surface area contributed by atoms with Gasteiger partial charge in [0.1, 0.15) is 17.9 Å². The zero-order valence-corrected chi connectivity index (χ0v) is 23.2. The Morgan fingerprint density at radius 1 is 0.974 bits per heavy atom. The van der Waals surface area contributed by atoms with Gasteiger partial charge in [-0.2, -0.15) is 0 Å². The van der Waals surface area contributed by atoms with E-state index in [0.29, 0.717) is 6.54 Å². The highest BCUT2D eigenvalue weighted by molar-refractivity contribution is 7.71. The fourth-order valence-electron chi connectivity index (χ4n) is 5.50. The summed E-state index contributed by atoms with van der Waals surface area (Å²) in [5, 5.41) is 4.57. The first-order chi connectivity index (χ1) is 19.1. The molecule has 200 valence electrons. The van der Waals surface area contributed by atoms with Crippen LogP contribution in [0.15, 0.2) is 67.0 Å². The molecule has 1 aliphatic heterocycles. The van der Waals surface area contributed by atoms with E-state index < -0.39 is 0 Å². The number of aryl methyl sites for hydroxylation is 1. The Balaban J connectivity index is 1.16. The number of anilines is 2. The number of rotatable bonds is 8. The predicted molar refractivity (Wildman–Crippen MR) is 160 cm³/mol. The maximum atomic E-state index is 5.58. The largest absolute Gasteiger partial charge is 0.495 e. The van der Waals surface area contributed by atoms with E-state index in [-0.39, 0.29) is 0 Å². The lowest BCUT2D eigenvalue weighted by atomic mass is 10.1. The first kappa shape index (κ1) is 25.3. The molecule has 9 heteroatoms. The number of fused-ring (bicyclic) bond motifs is 2. The van der Waals surface area contributed by atoms with Gasteiger partial charge in [-0.1, -0.05) is 36.4 Å². The Labute approximate surface area is 233 Å². The van der Waals surface area contributed by atoms with Crippen molar-refractivity contribution < 1.29 is 4.74 Å². The minimum atomic E-state index is 0.688. The van der Waals surface area contributed by atoms with Gasteiger partial charge >= 0.3 is 0 Å². The summed E-state index contributed by atoms with van der Waals surface area (Å²) in [6, 6.07) is 21.1. The highest BCUT2D eigenvalue weighted by Crippen LogP contribution is 2.29. The van der Waals surface area contributed by atoms with E-state index >= 15 is 0 Å². The third-order valence-corrected chi connectivity index (χ3v) is 7.93. The van der Waals surface area contributed by atoms with Gasteiger partial charge in [0.15, 0.2) is 4.77 Å². The summed E-state index contributed by atoms with van der Waals surface area (Å²) in [6.07, 6.45) is 1.63. The molecule has 2 N–H and O–H groups in total. The van der Waals surface area contributed by atoms with Gasteiger partial charge in [-0.05, 0) is 54.5 Å². The maximum Gasteiger partial charge on any atom is 0.178 e. The van der Waals surface area contributed by atoms with Crippen LogP contribution >= 0.6 is 12.2 Å². The van der Waals surface area contributed by atoms with Gasteiger partial charge in [0.2, 0.25) is 0 Å². The third-order valence-electron chi connectivity index (χ3n) is 7.60. The van der Waals surface area contributed by atoms with Crippen molar-refractivity contribution in [3.05, 3.63) is 82.9 Å². The first-order valence-corrected chi connectivity index (χ1v) is 13.8. The van der Waals surface area contributed by atoms with E-state index in [1.807, 2.05) is 12.1 Å². The van der Waals surface area contributed by atoms with Crippen LogP contribution in [0.4, 0.5) is 11.5 Å². The Bertz CT molecular complexity index is 1670. The zero-order valence-electron chi connectivity index (χ0n) is 22.4. The number of aromatic amines is 1. The molecule has 2 aromatic heterocycles. The van der Waals surface area contributed by atoms with Crippen molar-refractivity contribution in [1.29, 1.82) is 0 Å². The molecule has 5 aromatic rings. The smallest absolute Gasteiger partial charge is 0.178 e. The molecule has 3 aromatic carbocycles. The summed E-state index contributed by atoms with van der Waals surface area (Å²) in [5.74, 6) is 1.76. The van der Waals surface area contributed by atoms with Crippen molar-refractivity contribution in [2.45, 2.75) is 26.6 Å². The third kappa shape index (κ3) is 5.07. The predicted octanol–water partition coefficient (Wildman–Crippen LogP) is 5.60. The number of nitrogens with one attached hydrogen (secondary N) is 2. The number of nitrogens with zero attached hydrogens (tertiary/aromatic N) is 5. The van der Waals surface area contributed by atoms with E-state index in [4.69, 9.17) is 17.0 Å². The number of imidazole rings is 1. The lowest BCUT2D eigenvalue weighted by molar-refractivity contribution is 0.248. The first-order valence-electron chi connectivity index (χ1n) is 13.4. The van der Waals surface area contributed by atoms with Crippen molar-refractivity contribution in [3.63, 3.8) is 0 Å². The molecule has 1 fully saturated rings. The van der Waals surface area contributed by atoms with Crippen LogP contribution in [0.2, 0.25) is 0 Å². The standard InChI is InChI=1S/C30H33N7OS/c1-3-37-27-17-24-23(16-25(27)34-30(37)39)29(33-20-32-24)31-18-21-8-4-5-9-22(21)19-35-12-14-36(15-13-35)26-10-6-7-11-28(26)38-2/h4-11,16-17,20H,3,12-15,18-19H2,1-2H3,(H,34,39)(H,31,32,33). The Kier molecular flexibility index (Phi) is 7.17. The fourth-order valence-corrected chi connectivity index (χ4v) is 5.84. The number of hydrogen-bond acceptors (Lipinski definition) is 7. The average molecular weight is 540 g/mol. The number of methoxy groups -OCH3 is 1. The summed E-state index contributed by atoms with van der Waals surface area (Å²) in [6.45, 7) is 8.48. The highest BCUT2D eigenvalue weighted by Gasteiger charge is 2.20. The van der Waals surface area contributed by atoms with Crippen LogP contribution in [0, 0.1) is 4.77 Å². The van der Waals surface area contributed by atoms with Crippen LogP contribution in [-0.4, -0.2) is 57.7 Å². The molecule has 1 aliphatic rings. The highest BCUT2D eigenvalue weighted by atomic mass is 32.1. The van der Waals surface area contributed by atoms with E-state index in [2.05, 4.69) is 90.1 Å². The summed E-state index contributed by atoms with van der Waals surface area (Å²) in [5.41, 5.74) is 6.74. The summed E-state index contributed by atoms with van der Waals surface area (Å²) < 4.78 is 8.39. The molecule has 0 atom stereocenters. The van der Waals surface area contributed by atoms with Gasteiger partial charge in [-0.15, -0.1) is 0 Å². The molecule has 0 amide bonds. The molecule has 0 spiro atoms. The van der Waals surface area contributed by atoms with Gasteiger partial charge in [0.05, 0.1) is 29.3 Å². The SMILES string of the molecule is CCn1c(=S)[nH]c2cc3c(NCc4ccccc4CN4CCN(c5ccccc5OC)CC4)ncnc3cc21. The van der Waals surface area contributed by atoms with Crippen LogP contribution in [0.5, 0.6) is 5.75 Å². The molecular weight excluding hydrogens is 506 g/mol. The molecule has 0 bridgehead atoms. The molecule has 6 rings (SSSR count). The zero-order chi connectivity index (χ0) is 26.8. The number of hydrogen-bond donors (Lipinski definition) is 2. The number of H-pyrrole nitrogens is 1. The van der Waals surface area contributed by atoms with Gasteiger partial charge in [0, 0.05) is 51.2 Å². The Morgan fingerprint density at radius 3 is 2.54 bits per heavy atom. The Hall–Kier alpha value is -3.95. The average Bonchev–Trinajstić information content (AvgIpc) is 3.29. The summed E-state index contributed by atoms with van der Waals surface area (Å²) in [4.78, 5) is 17.4. The maximum absolute atomic E-state index is 5.58. The molecule has 0 saturated carbocycles. The molecule has 0 aliphatic carbocycles. The van der Waals surface area contributed by atoms with E-state index in [1.165, 1.54) is 16.8 Å². The second-order valence-corrected chi connectivity index (χ2v) is 10.2. The second kappa shape index (κ2) is 11.0. The van der Waals surface area contributed by atoms with Crippen molar-refractivity contribution >= 4 is 45.7 Å². The molecule has 3 heterocycles. The van der Waals surface area contributed by atoms with Crippen molar-refractivity contribution in [2.24, 2.45) is 0 Å². The number of piperazine rings is 1. The molecule has 0 unspecified atom stereocenters. The van der Waals surface area contributed by atoms with Crippen LogP contribution in [0.3, 0.4) is 0 Å². The monoisotopic (exact) mass is 539 g/mol. The van der Waals surface area contributed by atoms with Crippen molar-refractivity contribution in [1.82, 2.24) is 24.4 Å². The lowest BCUT2D eigenvalue weighted by Gasteiger charge is -2.37. The lowest BCUT2D eigenvalue weighted by Crippen LogP contribution is -2.46. The van der Waals surface area contributed by atoms with Gasteiger partial charge in [-0.25, -0.2) is 9.97 Å². The van der Waals surface area contributed by atoms with E-state index in [1.54, 1.807) is 13.4 Å². The minimum absolute atomic E-state index is 0.688. The van der Waals surface area contributed by atoms with Crippen molar-refractivity contribution in [2.75, 3.05) is 43.5 Å². The van der Waals surface area contributed by atoms with Gasteiger partial charge < -0.3 is 24.5 Å². The quantitative estimate of drug-likeness (QED) is 0.249. The molecular formula is C30H33N7OS. The summed E-state index contributed by atoms with van der Waals surface area (Å²) in [7, 11) is 1.74. The minimum Gasteiger partial charge on any atom is -0.495 e. The molecule has 1 saturated heterocycles. The Morgan fingerprint density at radius 2 is 1.74 bits per heavy atom. The molecule has 0 radical (unpaired) electrons. The molecule has 8 nitrogen and oxygen atoms in total. The van der Waals surface area contributed by atoms with Crippen molar-refractivity contribution in [3.8, 4) is 5.75 Å². The molecule has 39 heavy (non-hydrogen) atoms. The van der Waals surface area contributed by atoms with Crippen LogP contribution in [-0.2, 0) is 19.6 Å².